The lowest BCUT2D eigenvalue weighted by atomic mass is 10.1. The van der Waals surface area contributed by atoms with Gasteiger partial charge in [0.1, 0.15) is 6.54 Å². The summed E-state index contributed by atoms with van der Waals surface area (Å²) < 4.78 is 0.608. The zero-order valence-corrected chi connectivity index (χ0v) is 16.9. The van der Waals surface area contributed by atoms with Gasteiger partial charge in [-0.05, 0) is 24.6 Å². The molecule has 1 aromatic carbocycles. The number of nitrogens with zero attached hydrogens (tertiary/aromatic N) is 3. The summed E-state index contributed by atoms with van der Waals surface area (Å²) in [5, 5.41) is 0. The zero-order valence-electron chi connectivity index (χ0n) is 15.3. The molecule has 1 saturated heterocycles. The first-order chi connectivity index (χ1) is 13.3. The van der Waals surface area contributed by atoms with Crippen molar-refractivity contribution in [2.24, 2.45) is 0 Å². The Morgan fingerprint density at radius 2 is 1.79 bits per heavy atom. The topological polar surface area (TPSA) is 78.0 Å². The van der Waals surface area contributed by atoms with Gasteiger partial charge in [0.2, 0.25) is 5.91 Å². The summed E-state index contributed by atoms with van der Waals surface area (Å²) in [6.07, 6.45) is 0. The lowest BCUT2D eigenvalue weighted by molar-refractivity contribution is -0.145. The maximum atomic E-state index is 12.7. The van der Waals surface area contributed by atoms with E-state index in [1.807, 2.05) is 6.07 Å². The molecule has 3 rings (SSSR count). The van der Waals surface area contributed by atoms with Crippen LogP contribution in [-0.2, 0) is 20.9 Å². The first-order valence-corrected chi connectivity index (χ1v) is 9.71. The molecule has 0 spiro atoms. The van der Waals surface area contributed by atoms with E-state index in [9.17, 15) is 19.2 Å². The van der Waals surface area contributed by atoms with Crippen molar-refractivity contribution in [2.45, 2.75) is 19.5 Å². The highest BCUT2D eigenvalue weighted by molar-refractivity contribution is 7.16. The van der Waals surface area contributed by atoms with Gasteiger partial charge in [0.05, 0.1) is 16.9 Å². The normalized spacial score (nSPS) is 15.3. The molecule has 1 aliphatic heterocycles. The predicted octanol–water partition coefficient (Wildman–Crippen LogP) is 2.91. The van der Waals surface area contributed by atoms with Crippen molar-refractivity contribution in [2.75, 3.05) is 13.6 Å². The number of rotatable bonds is 6. The molecule has 1 unspecified atom stereocenters. The van der Waals surface area contributed by atoms with E-state index in [-0.39, 0.29) is 0 Å². The zero-order chi connectivity index (χ0) is 20.4. The lowest BCUT2D eigenvalue weighted by Gasteiger charge is -2.23. The van der Waals surface area contributed by atoms with Crippen LogP contribution in [0.4, 0.5) is 4.79 Å². The second-order valence-corrected chi connectivity index (χ2v) is 8.19. The maximum absolute atomic E-state index is 12.7. The van der Waals surface area contributed by atoms with Crippen LogP contribution < -0.4 is 0 Å². The van der Waals surface area contributed by atoms with Crippen LogP contribution in [0.1, 0.15) is 23.4 Å². The van der Waals surface area contributed by atoms with E-state index in [4.69, 9.17) is 11.6 Å². The Kier molecular flexibility index (Phi) is 5.81. The minimum atomic E-state index is -0.992. The van der Waals surface area contributed by atoms with Gasteiger partial charge in [-0.1, -0.05) is 41.9 Å². The fourth-order valence-corrected chi connectivity index (χ4v) is 4.04. The van der Waals surface area contributed by atoms with Gasteiger partial charge in [0.15, 0.2) is 0 Å². The van der Waals surface area contributed by atoms with Crippen LogP contribution in [0.2, 0.25) is 4.34 Å². The summed E-state index contributed by atoms with van der Waals surface area (Å²) >= 11 is 7.23. The first-order valence-electron chi connectivity index (χ1n) is 8.51. The Labute approximate surface area is 171 Å². The van der Waals surface area contributed by atoms with Crippen LogP contribution in [0.3, 0.4) is 0 Å². The van der Waals surface area contributed by atoms with Gasteiger partial charge < -0.3 is 4.90 Å². The summed E-state index contributed by atoms with van der Waals surface area (Å²) in [5.41, 5.74) is 0.719. The molecular formula is C19H18ClN3O4S. The Morgan fingerprint density at radius 3 is 2.39 bits per heavy atom. The second kappa shape index (κ2) is 8.12. The van der Waals surface area contributed by atoms with Crippen LogP contribution in [0.15, 0.2) is 42.5 Å². The molecule has 1 fully saturated rings. The smallest absolute Gasteiger partial charge is 0.335 e. The molecule has 2 aromatic rings. The Bertz CT molecular complexity index is 930. The number of carbonyl (C=O) groups excluding carboxylic acids is 4. The van der Waals surface area contributed by atoms with Crippen molar-refractivity contribution < 1.29 is 19.2 Å². The van der Waals surface area contributed by atoms with Gasteiger partial charge in [0.25, 0.3) is 0 Å². The molecule has 28 heavy (non-hydrogen) atoms. The fourth-order valence-electron chi connectivity index (χ4n) is 2.90. The Morgan fingerprint density at radius 1 is 1.11 bits per heavy atom. The Balaban J connectivity index is 1.70. The number of thiophene rings is 1. The highest BCUT2D eigenvalue weighted by atomic mass is 35.5. The number of hydrogen-bond donors (Lipinski definition) is 0. The highest BCUT2D eigenvalue weighted by Crippen LogP contribution is 2.26. The summed E-state index contributed by atoms with van der Waals surface area (Å²) in [5.74, 6) is -2.37. The molecule has 1 atom stereocenters. The van der Waals surface area contributed by atoms with E-state index < -0.39 is 36.3 Å². The largest absolute Gasteiger partial charge is 0.339 e. The van der Waals surface area contributed by atoms with E-state index in [0.29, 0.717) is 15.8 Å². The van der Waals surface area contributed by atoms with Crippen molar-refractivity contribution in [1.29, 1.82) is 0 Å². The highest BCUT2D eigenvalue weighted by Gasteiger charge is 2.47. The van der Waals surface area contributed by atoms with E-state index in [2.05, 4.69) is 0 Å². The minimum Gasteiger partial charge on any atom is -0.339 e. The van der Waals surface area contributed by atoms with Gasteiger partial charge >= 0.3 is 17.8 Å². The maximum Gasteiger partial charge on any atom is 0.335 e. The third-order valence-electron chi connectivity index (χ3n) is 4.49. The van der Waals surface area contributed by atoms with Gasteiger partial charge in [-0.25, -0.2) is 14.6 Å². The molecule has 5 amide bonds. The van der Waals surface area contributed by atoms with Crippen LogP contribution in [0, 0.1) is 0 Å². The minimum absolute atomic E-state index is 0.296. The van der Waals surface area contributed by atoms with Gasteiger partial charge in [0, 0.05) is 11.9 Å². The molecular weight excluding hydrogens is 402 g/mol. The van der Waals surface area contributed by atoms with Gasteiger partial charge in [-0.2, -0.15) is 0 Å². The summed E-state index contributed by atoms with van der Waals surface area (Å²) in [6, 6.07) is 11.1. The number of carbonyl (C=O) groups is 4. The number of imide groups is 2. The first kappa shape index (κ1) is 20.0. The molecule has 0 N–H and O–H groups in total. The monoisotopic (exact) mass is 419 g/mol. The molecule has 0 aliphatic carbocycles. The van der Waals surface area contributed by atoms with Crippen LogP contribution in [0.25, 0.3) is 0 Å². The van der Waals surface area contributed by atoms with Crippen molar-refractivity contribution in [3.63, 3.8) is 0 Å². The third-order valence-corrected chi connectivity index (χ3v) is 5.71. The fraction of sp³-hybridized carbons (Fsp3) is 0.263. The van der Waals surface area contributed by atoms with Crippen molar-refractivity contribution in [3.05, 3.63) is 57.2 Å². The quantitative estimate of drug-likeness (QED) is 0.532. The molecule has 0 radical (unpaired) electrons. The predicted molar refractivity (Wildman–Crippen MR) is 105 cm³/mol. The lowest BCUT2D eigenvalue weighted by Crippen LogP contribution is -2.42. The van der Waals surface area contributed by atoms with E-state index in [0.717, 1.165) is 15.3 Å². The molecule has 1 aliphatic rings. The molecule has 0 bridgehead atoms. The SMILES string of the molecule is CC(c1ccccc1)N1C(=O)C(=O)N(CC(=O)N(C)Cc2ccc(Cl)s2)C1=O. The molecule has 9 heteroatoms. The summed E-state index contributed by atoms with van der Waals surface area (Å²) in [4.78, 5) is 53.7. The second-order valence-electron chi connectivity index (χ2n) is 6.39. The third kappa shape index (κ3) is 3.93. The molecule has 2 heterocycles. The van der Waals surface area contributed by atoms with Gasteiger partial charge in [-0.3, -0.25) is 14.4 Å². The van der Waals surface area contributed by atoms with Gasteiger partial charge in [-0.15, -0.1) is 11.3 Å². The number of benzene rings is 1. The number of urea groups is 1. The summed E-state index contributed by atoms with van der Waals surface area (Å²) in [7, 11) is 1.56. The van der Waals surface area contributed by atoms with Crippen LogP contribution in [0.5, 0.6) is 0 Å². The number of hydrogen-bond acceptors (Lipinski definition) is 5. The van der Waals surface area contributed by atoms with Crippen molar-refractivity contribution >= 4 is 46.7 Å². The van der Waals surface area contributed by atoms with E-state index in [1.165, 1.54) is 16.2 Å². The average molecular weight is 420 g/mol. The average Bonchev–Trinajstić information content (AvgIpc) is 3.18. The van der Waals surface area contributed by atoms with Crippen molar-refractivity contribution in [1.82, 2.24) is 14.7 Å². The van der Waals surface area contributed by atoms with Crippen LogP contribution >= 0.6 is 22.9 Å². The molecule has 0 saturated carbocycles. The number of halogens is 1. The van der Waals surface area contributed by atoms with E-state index >= 15 is 0 Å². The van der Waals surface area contributed by atoms with Crippen LogP contribution in [-0.4, -0.2) is 52.0 Å². The molecule has 146 valence electrons. The van der Waals surface area contributed by atoms with Crippen molar-refractivity contribution in [3.8, 4) is 0 Å². The van der Waals surface area contributed by atoms with E-state index in [1.54, 1.807) is 50.4 Å². The number of amides is 5. The Hall–Kier alpha value is -2.71. The molecule has 7 nitrogen and oxygen atoms in total. The number of likely N-dealkylation sites (N-methyl/N-ethyl adjacent to an activating group) is 1. The summed E-state index contributed by atoms with van der Waals surface area (Å²) in [6.45, 7) is 1.47. The standard InChI is InChI=1S/C19H18ClN3O4S/c1-12(13-6-4-3-5-7-13)23-18(26)17(25)22(19(23)27)11-16(24)21(2)10-14-8-9-15(20)28-14/h3-9,12H,10-11H2,1-2H3. The molecule has 1 aromatic heterocycles.